The van der Waals surface area contributed by atoms with Crippen LogP contribution in [0.25, 0.3) is 0 Å². The predicted octanol–water partition coefficient (Wildman–Crippen LogP) is 4.67. The lowest BCUT2D eigenvalue weighted by Gasteiger charge is -2.20. The van der Waals surface area contributed by atoms with Crippen LogP contribution in [0, 0.1) is 0 Å². The summed E-state index contributed by atoms with van der Waals surface area (Å²) in [5, 5.41) is 0. The molecule has 2 aromatic rings. The molecule has 0 heterocycles. The van der Waals surface area contributed by atoms with E-state index in [9.17, 15) is 0 Å². The quantitative estimate of drug-likeness (QED) is 0.692. The number of hydrogen-bond donors (Lipinski definition) is 1. The lowest BCUT2D eigenvalue weighted by molar-refractivity contribution is 0.295. The predicted molar refractivity (Wildman–Crippen MR) is 104 cm³/mol. The fourth-order valence-electron chi connectivity index (χ4n) is 2.51. The first kappa shape index (κ1) is 20.9. The van der Waals surface area contributed by atoms with Gasteiger partial charge in [-0.25, -0.2) is 0 Å². The molecule has 0 radical (unpaired) electrons. The highest BCUT2D eigenvalue weighted by atomic mass is 35.5. The van der Waals surface area contributed by atoms with Gasteiger partial charge >= 0.3 is 0 Å². The maximum absolute atomic E-state index is 6.34. The van der Waals surface area contributed by atoms with Crippen LogP contribution in [0.3, 0.4) is 0 Å². The zero-order chi connectivity index (χ0) is 17.5. The van der Waals surface area contributed by atoms with Gasteiger partial charge in [-0.05, 0) is 25.0 Å². The van der Waals surface area contributed by atoms with E-state index in [4.69, 9.17) is 19.9 Å². The lowest BCUT2D eigenvalue weighted by Crippen LogP contribution is -2.13. The topological polar surface area (TPSA) is 53.7 Å². The first-order chi connectivity index (χ1) is 11.5. The van der Waals surface area contributed by atoms with Crippen molar-refractivity contribution >= 4 is 12.4 Å². The Morgan fingerprint density at radius 1 is 1.04 bits per heavy atom. The molecule has 0 aromatic heterocycles. The molecule has 0 amide bonds. The molecule has 136 valence electrons. The minimum atomic E-state index is -0.215. The zero-order valence-electron chi connectivity index (χ0n) is 15.0. The first-order valence-corrected chi connectivity index (χ1v) is 7.87. The summed E-state index contributed by atoms with van der Waals surface area (Å²) in [5.41, 5.74) is 9.33. The Hall–Kier alpha value is -2.17. The van der Waals surface area contributed by atoms with E-state index in [1.54, 1.807) is 14.2 Å². The zero-order valence-corrected chi connectivity index (χ0v) is 15.8. The van der Waals surface area contributed by atoms with Crippen LogP contribution >= 0.6 is 12.4 Å². The maximum atomic E-state index is 6.34. The Balaban J connectivity index is 0.00000312. The third kappa shape index (κ3) is 5.69. The van der Waals surface area contributed by atoms with Crippen molar-refractivity contribution < 1.29 is 14.2 Å². The van der Waals surface area contributed by atoms with E-state index < -0.39 is 0 Å². The molecule has 2 N–H and O–H groups in total. The summed E-state index contributed by atoms with van der Waals surface area (Å²) in [6.07, 6.45) is 0.678. The van der Waals surface area contributed by atoms with Crippen LogP contribution in [0.5, 0.6) is 17.2 Å². The van der Waals surface area contributed by atoms with E-state index in [2.05, 4.69) is 6.58 Å². The Labute approximate surface area is 156 Å². The third-order valence-electron chi connectivity index (χ3n) is 3.72. The van der Waals surface area contributed by atoms with Crippen LogP contribution in [0.2, 0.25) is 0 Å². The number of halogens is 1. The van der Waals surface area contributed by atoms with E-state index in [1.165, 1.54) is 0 Å². The Kier molecular flexibility index (Phi) is 8.32. The minimum absolute atomic E-state index is 0. The van der Waals surface area contributed by atoms with Crippen LogP contribution in [0.1, 0.15) is 30.5 Å². The molecular weight excluding hydrogens is 338 g/mol. The standard InChI is InChI=1S/C20H25NO3.ClH/c1-14(2)10-17(21)16-11-19(22-3)20(23-4)12-18(16)24-13-15-8-6-5-7-9-15;/h5-9,11-12,17H,1,10,13,21H2,2-4H3;1H/t17-;/m0./s1. The number of hydrogen-bond acceptors (Lipinski definition) is 4. The number of benzene rings is 2. The molecule has 25 heavy (non-hydrogen) atoms. The molecule has 1 atom stereocenters. The molecule has 0 saturated heterocycles. The molecule has 2 aromatic carbocycles. The minimum Gasteiger partial charge on any atom is -0.493 e. The van der Waals surface area contributed by atoms with E-state index in [1.807, 2.05) is 49.4 Å². The van der Waals surface area contributed by atoms with Gasteiger partial charge in [0.1, 0.15) is 12.4 Å². The van der Waals surface area contributed by atoms with Crippen molar-refractivity contribution in [2.24, 2.45) is 5.73 Å². The summed E-state index contributed by atoms with van der Waals surface area (Å²) in [6, 6.07) is 13.5. The first-order valence-electron chi connectivity index (χ1n) is 7.87. The molecule has 2 rings (SSSR count). The van der Waals surface area contributed by atoms with Gasteiger partial charge in [0.2, 0.25) is 0 Å². The summed E-state index contributed by atoms with van der Waals surface area (Å²) in [4.78, 5) is 0. The van der Waals surface area contributed by atoms with E-state index in [-0.39, 0.29) is 18.4 Å². The Bertz CT molecular complexity index is 689. The number of rotatable bonds is 8. The van der Waals surface area contributed by atoms with Crippen molar-refractivity contribution in [1.82, 2.24) is 0 Å². The summed E-state index contributed by atoms with van der Waals surface area (Å²) in [7, 11) is 3.21. The largest absolute Gasteiger partial charge is 0.493 e. The monoisotopic (exact) mass is 363 g/mol. The molecule has 4 nitrogen and oxygen atoms in total. The van der Waals surface area contributed by atoms with Gasteiger partial charge in [-0.15, -0.1) is 19.0 Å². The molecule has 5 heteroatoms. The van der Waals surface area contributed by atoms with Gasteiger partial charge in [-0.3, -0.25) is 0 Å². The molecule has 0 aliphatic carbocycles. The van der Waals surface area contributed by atoms with Crippen molar-refractivity contribution in [2.45, 2.75) is 26.0 Å². The summed E-state index contributed by atoms with van der Waals surface area (Å²) < 4.78 is 16.8. The molecular formula is C20H26ClNO3. The summed E-state index contributed by atoms with van der Waals surface area (Å²) >= 11 is 0. The van der Waals surface area contributed by atoms with Crippen LogP contribution < -0.4 is 19.9 Å². The van der Waals surface area contributed by atoms with Crippen molar-refractivity contribution in [3.63, 3.8) is 0 Å². The second kappa shape index (κ2) is 9.97. The van der Waals surface area contributed by atoms with Crippen molar-refractivity contribution in [3.8, 4) is 17.2 Å². The normalized spacial score (nSPS) is 11.2. The fraction of sp³-hybridized carbons (Fsp3) is 0.300. The average molecular weight is 364 g/mol. The Morgan fingerprint density at radius 3 is 2.20 bits per heavy atom. The van der Waals surface area contributed by atoms with Gasteiger partial charge in [0.25, 0.3) is 0 Å². The van der Waals surface area contributed by atoms with Gasteiger partial charge in [0.15, 0.2) is 11.5 Å². The van der Waals surface area contributed by atoms with Crippen LogP contribution in [-0.2, 0) is 6.61 Å². The van der Waals surface area contributed by atoms with Gasteiger partial charge in [0, 0.05) is 17.7 Å². The second-order valence-electron chi connectivity index (χ2n) is 5.79. The van der Waals surface area contributed by atoms with Crippen LogP contribution in [-0.4, -0.2) is 14.2 Å². The summed E-state index contributed by atoms with van der Waals surface area (Å²) in [6.45, 7) is 6.37. The third-order valence-corrected chi connectivity index (χ3v) is 3.72. The van der Waals surface area contributed by atoms with Gasteiger partial charge in [-0.1, -0.05) is 35.9 Å². The van der Waals surface area contributed by atoms with Crippen molar-refractivity contribution in [1.29, 1.82) is 0 Å². The SMILES string of the molecule is C=C(C)C[C@H](N)c1cc(OC)c(OC)cc1OCc1ccccc1.Cl. The molecule has 0 aliphatic rings. The smallest absolute Gasteiger partial charge is 0.164 e. The molecule has 0 fully saturated rings. The molecule has 0 spiro atoms. The van der Waals surface area contributed by atoms with Crippen molar-refractivity contribution in [3.05, 3.63) is 65.7 Å². The van der Waals surface area contributed by atoms with Gasteiger partial charge in [-0.2, -0.15) is 0 Å². The highest BCUT2D eigenvalue weighted by Gasteiger charge is 2.18. The molecule has 0 saturated carbocycles. The number of ether oxygens (including phenoxy) is 3. The van der Waals surface area contributed by atoms with Crippen molar-refractivity contribution in [2.75, 3.05) is 14.2 Å². The second-order valence-corrected chi connectivity index (χ2v) is 5.79. The van der Waals surface area contributed by atoms with Gasteiger partial charge < -0.3 is 19.9 Å². The van der Waals surface area contributed by atoms with E-state index in [0.29, 0.717) is 30.3 Å². The molecule has 0 bridgehead atoms. The number of nitrogens with two attached hydrogens (primary N) is 1. The average Bonchev–Trinajstić information content (AvgIpc) is 2.59. The van der Waals surface area contributed by atoms with E-state index >= 15 is 0 Å². The summed E-state index contributed by atoms with van der Waals surface area (Å²) in [5.74, 6) is 1.95. The van der Waals surface area contributed by atoms with Crippen LogP contribution in [0.4, 0.5) is 0 Å². The molecule has 0 unspecified atom stereocenters. The Morgan fingerprint density at radius 2 is 1.64 bits per heavy atom. The van der Waals surface area contributed by atoms with E-state index in [0.717, 1.165) is 16.7 Å². The lowest BCUT2D eigenvalue weighted by atomic mass is 9.99. The number of methoxy groups -OCH3 is 2. The maximum Gasteiger partial charge on any atom is 0.164 e. The van der Waals surface area contributed by atoms with Crippen LogP contribution in [0.15, 0.2) is 54.6 Å². The highest BCUT2D eigenvalue weighted by molar-refractivity contribution is 5.85. The molecule has 0 aliphatic heterocycles. The highest BCUT2D eigenvalue weighted by Crippen LogP contribution is 2.38. The van der Waals surface area contributed by atoms with Gasteiger partial charge in [0.05, 0.1) is 14.2 Å². The fourth-order valence-corrected chi connectivity index (χ4v) is 2.51.